The summed E-state index contributed by atoms with van der Waals surface area (Å²) in [5.74, 6) is 0.313. The van der Waals surface area contributed by atoms with E-state index in [0.29, 0.717) is 25.2 Å². The Morgan fingerprint density at radius 2 is 1.85 bits per heavy atom. The zero-order chi connectivity index (χ0) is 19.4. The molecule has 3 unspecified atom stereocenters. The van der Waals surface area contributed by atoms with Gasteiger partial charge in [-0.15, -0.1) is 0 Å². The Bertz CT molecular complexity index is 610. The SMILES string of the molecule is O=C(CN1CCCC1C(F)(F)F)NC1C2CC3CC1CC(OC(=O)O)(C3)C2. The lowest BCUT2D eigenvalue weighted by atomic mass is 9.52. The molecule has 2 N–H and O–H groups in total. The number of rotatable bonds is 4. The molecule has 6 nitrogen and oxygen atoms in total. The van der Waals surface area contributed by atoms with Crippen LogP contribution in [0, 0.1) is 17.8 Å². The maximum atomic E-state index is 13.1. The average Bonchev–Trinajstić information content (AvgIpc) is 2.97. The highest BCUT2D eigenvalue weighted by atomic mass is 19.4. The van der Waals surface area contributed by atoms with Crippen LogP contribution in [0.1, 0.15) is 44.9 Å². The van der Waals surface area contributed by atoms with Gasteiger partial charge in [0.15, 0.2) is 0 Å². The third-order valence-corrected chi connectivity index (χ3v) is 6.94. The van der Waals surface area contributed by atoms with Gasteiger partial charge in [0.25, 0.3) is 0 Å². The van der Waals surface area contributed by atoms with Crippen LogP contribution in [-0.4, -0.2) is 59.0 Å². The molecule has 0 aromatic rings. The molecule has 0 aromatic carbocycles. The normalized spacial score (nSPS) is 40.9. The van der Waals surface area contributed by atoms with E-state index in [1.807, 2.05) is 0 Å². The molecule has 4 bridgehead atoms. The first-order valence-corrected chi connectivity index (χ1v) is 9.67. The van der Waals surface area contributed by atoms with E-state index in [1.54, 1.807) is 0 Å². The van der Waals surface area contributed by atoms with Gasteiger partial charge >= 0.3 is 12.3 Å². The van der Waals surface area contributed by atoms with E-state index in [1.165, 1.54) is 4.90 Å². The lowest BCUT2D eigenvalue weighted by Gasteiger charge is -2.58. The number of ether oxygens (including phenoxy) is 1. The first-order chi connectivity index (χ1) is 12.7. The zero-order valence-corrected chi connectivity index (χ0v) is 15.0. The monoisotopic (exact) mass is 390 g/mol. The van der Waals surface area contributed by atoms with Gasteiger partial charge < -0.3 is 15.2 Å². The number of carboxylic acid groups (broad SMARTS) is 1. The van der Waals surface area contributed by atoms with Crippen molar-refractivity contribution < 1.29 is 32.6 Å². The molecule has 0 radical (unpaired) electrons. The predicted octanol–water partition coefficient (Wildman–Crippen LogP) is 2.77. The average molecular weight is 390 g/mol. The molecule has 1 aliphatic heterocycles. The maximum Gasteiger partial charge on any atom is 0.506 e. The second-order valence-corrected chi connectivity index (χ2v) is 8.78. The van der Waals surface area contributed by atoms with Crippen LogP contribution >= 0.6 is 0 Å². The predicted molar refractivity (Wildman–Crippen MR) is 88.0 cm³/mol. The highest BCUT2D eigenvalue weighted by Crippen LogP contribution is 2.57. The molecule has 4 aliphatic carbocycles. The largest absolute Gasteiger partial charge is 0.506 e. The summed E-state index contributed by atoms with van der Waals surface area (Å²) in [7, 11) is 0. The number of likely N-dealkylation sites (tertiary alicyclic amines) is 1. The molecule has 9 heteroatoms. The number of halogens is 3. The number of carbonyl (C=O) groups is 2. The molecule has 3 atom stereocenters. The van der Waals surface area contributed by atoms with Crippen molar-refractivity contribution in [2.24, 2.45) is 17.8 Å². The summed E-state index contributed by atoms with van der Waals surface area (Å²) < 4.78 is 44.4. The van der Waals surface area contributed by atoms with Gasteiger partial charge in [-0.1, -0.05) is 0 Å². The molecular formula is C18H25F3N2O4. The third-order valence-electron chi connectivity index (χ3n) is 6.94. The Morgan fingerprint density at radius 1 is 1.19 bits per heavy atom. The van der Waals surface area contributed by atoms with Crippen LogP contribution in [-0.2, 0) is 9.53 Å². The van der Waals surface area contributed by atoms with Gasteiger partial charge in [0.2, 0.25) is 5.91 Å². The van der Waals surface area contributed by atoms with Gasteiger partial charge in [-0.05, 0) is 69.2 Å². The Kier molecular flexibility index (Phi) is 4.56. The number of hydrogen-bond acceptors (Lipinski definition) is 4. The molecule has 0 spiro atoms. The number of nitrogens with zero attached hydrogens (tertiary/aromatic N) is 1. The van der Waals surface area contributed by atoms with Crippen LogP contribution in [0.15, 0.2) is 0 Å². The summed E-state index contributed by atoms with van der Waals surface area (Å²) in [6, 6.07) is -1.62. The van der Waals surface area contributed by atoms with Crippen LogP contribution in [0.3, 0.4) is 0 Å². The first kappa shape index (κ1) is 18.8. The van der Waals surface area contributed by atoms with Gasteiger partial charge in [0.05, 0.1) is 6.54 Å². The van der Waals surface area contributed by atoms with E-state index in [9.17, 15) is 22.8 Å². The van der Waals surface area contributed by atoms with Crippen molar-refractivity contribution in [3.05, 3.63) is 0 Å². The van der Waals surface area contributed by atoms with Crippen molar-refractivity contribution in [3.63, 3.8) is 0 Å². The van der Waals surface area contributed by atoms with Crippen molar-refractivity contribution >= 4 is 12.1 Å². The summed E-state index contributed by atoms with van der Waals surface area (Å²) in [5, 5.41) is 12.0. The van der Waals surface area contributed by atoms with Gasteiger partial charge in [-0.2, -0.15) is 13.2 Å². The minimum atomic E-state index is -4.31. The van der Waals surface area contributed by atoms with E-state index in [2.05, 4.69) is 5.32 Å². The standard InChI is InChI=1S/C18H25F3N2O4/c19-18(20,21)13-2-1-3-23(13)9-14(24)22-15-11-4-10-5-12(15)8-17(6-10,7-11)27-16(25)26/h10-13,15H,1-9H2,(H,22,24)(H,25,26). The summed E-state index contributed by atoms with van der Waals surface area (Å²) in [6.45, 7) is 0.0487. The van der Waals surface area contributed by atoms with Crippen molar-refractivity contribution in [2.45, 2.75) is 68.8 Å². The van der Waals surface area contributed by atoms with Gasteiger partial charge in [-0.3, -0.25) is 9.69 Å². The second kappa shape index (κ2) is 6.53. The molecular weight excluding hydrogens is 365 g/mol. The summed E-state index contributed by atoms with van der Waals surface area (Å²) in [4.78, 5) is 24.8. The third kappa shape index (κ3) is 3.62. The Hall–Kier alpha value is -1.51. The minimum absolute atomic E-state index is 0.0438. The fourth-order valence-electron chi connectivity index (χ4n) is 6.30. The van der Waals surface area contributed by atoms with Gasteiger partial charge in [0.1, 0.15) is 11.6 Å². The quantitative estimate of drug-likeness (QED) is 0.722. The number of carbonyl (C=O) groups excluding carboxylic acids is 1. The first-order valence-electron chi connectivity index (χ1n) is 9.67. The Morgan fingerprint density at radius 3 is 2.44 bits per heavy atom. The van der Waals surface area contributed by atoms with Crippen LogP contribution in [0.25, 0.3) is 0 Å². The van der Waals surface area contributed by atoms with E-state index < -0.39 is 24.0 Å². The molecule has 0 aromatic heterocycles. The lowest BCUT2D eigenvalue weighted by molar-refractivity contribution is -0.177. The zero-order valence-electron chi connectivity index (χ0n) is 15.0. The van der Waals surface area contributed by atoms with Crippen LogP contribution in [0.5, 0.6) is 0 Å². The number of hydrogen-bond donors (Lipinski definition) is 2. The van der Waals surface area contributed by atoms with Crippen LogP contribution in [0.2, 0.25) is 0 Å². The van der Waals surface area contributed by atoms with Crippen molar-refractivity contribution in [1.29, 1.82) is 0 Å². The van der Waals surface area contributed by atoms with E-state index in [-0.39, 0.29) is 43.3 Å². The van der Waals surface area contributed by atoms with E-state index in [0.717, 1.165) is 19.3 Å². The van der Waals surface area contributed by atoms with Crippen molar-refractivity contribution in [2.75, 3.05) is 13.1 Å². The fraction of sp³-hybridized carbons (Fsp3) is 0.889. The highest BCUT2D eigenvalue weighted by molar-refractivity contribution is 5.78. The molecule has 152 valence electrons. The molecule has 5 aliphatic rings. The lowest BCUT2D eigenvalue weighted by Crippen LogP contribution is -2.63. The highest BCUT2D eigenvalue weighted by Gasteiger charge is 2.58. The smallest absolute Gasteiger partial charge is 0.450 e. The number of nitrogens with one attached hydrogen (secondary N) is 1. The van der Waals surface area contributed by atoms with E-state index >= 15 is 0 Å². The molecule has 27 heavy (non-hydrogen) atoms. The summed E-state index contributed by atoms with van der Waals surface area (Å²) >= 11 is 0. The molecule has 5 fully saturated rings. The van der Waals surface area contributed by atoms with Crippen molar-refractivity contribution in [3.8, 4) is 0 Å². The van der Waals surface area contributed by atoms with E-state index in [4.69, 9.17) is 9.84 Å². The summed E-state index contributed by atoms with van der Waals surface area (Å²) in [5.41, 5.74) is -0.639. The Balaban J connectivity index is 1.38. The molecule has 1 amide bonds. The molecule has 1 saturated heterocycles. The maximum absolute atomic E-state index is 13.1. The topological polar surface area (TPSA) is 78.9 Å². The molecule has 1 heterocycles. The van der Waals surface area contributed by atoms with Gasteiger partial charge in [-0.25, -0.2) is 4.79 Å². The number of amides is 1. The van der Waals surface area contributed by atoms with Crippen molar-refractivity contribution in [1.82, 2.24) is 10.2 Å². The van der Waals surface area contributed by atoms with Crippen LogP contribution in [0.4, 0.5) is 18.0 Å². The number of alkyl halides is 3. The van der Waals surface area contributed by atoms with Gasteiger partial charge in [0, 0.05) is 6.04 Å². The second-order valence-electron chi connectivity index (χ2n) is 8.78. The van der Waals surface area contributed by atoms with Crippen LogP contribution < -0.4 is 5.32 Å². The fourth-order valence-corrected chi connectivity index (χ4v) is 6.30. The molecule has 4 saturated carbocycles. The summed E-state index contributed by atoms with van der Waals surface area (Å²) in [6.07, 6.45) is -1.32. The minimum Gasteiger partial charge on any atom is -0.450 e. The molecule has 5 rings (SSSR count). The Labute approximate surface area is 155 Å².